The second-order valence-electron chi connectivity index (χ2n) is 8.77. The summed E-state index contributed by atoms with van der Waals surface area (Å²) in [5.41, 5.74) is 0.447. The average molecular weight is 438 g/mol. The molecule has 2 rings (SSSR count). The highest BCUT2D eigenvalue weighted by molar-refractivity contribution is 7.89. The molecular formula is C22H35N3O4S. The third-order valence-corrected chi connectivity index (χ3v) is 7.59. The molecule has 2 amide bonds. The maximum atomic E-state index is 12.5. The summed E-state index contributed by atoms with van der Waals surface area (Å²) in [5.74, 6) is 0.00939. The summed E-state index contributed by atoms with van der Waals surface area (Å²) in [4.78, 5) is 27.0. The van der Waals surface area contributed by atoms with E-state index in [1.165, 1.54) is 4.31 Å². The van der Waals surface area contributed by atoms with Gasteiger partial charge >= 0.3 is 0 Å². The van der Waals surface area contributed by atoms with Crippen LogP contribution in [0, 0.1) is 11.3 Å². The SMILES string of the molecule is CCN(CC)S(=O)(=O)c1ccc(CNC(=O)C2CCN(C(=O)C(C)(C)C)CC2)cc1. The van der Waals surface area contributed by atoms with Gasteiger partial charge in [-0.1, -0.05) is 46.8 Å². The molecule has 1 N–H and O–H groups in total. The van der Waals surface area contributed by atoms with Crippen molar-refractivity contribution in [3.63, 3.8) is 0 Å². The van der Waals surface area contributed by atoms with E-state index in [4.69, 9.17) is 0 Å². The Balaban J connectivity index is 1.88. The number of carbonyl (C=O) groups excluding carboxylic acids is 2. The molecule has 0 unspecified atom stereocenters. The van der Waals surface area contributed by atoms with Crippen molar-refractivity contribution in [2.24, 2.45) is 11.3 Å². The van der Waals surface area contributed by atoms with Gasteiger partial charge in [-0.15, -0.1) is 0 Å². The molecule has 1 fully saturated rings. The molecular weight excluding hydrogens is 402 g/mol. The Morgan fingerprint density at radius 1 is 1.07 bits per heavy atom. The Morgan fingerprint density at radius 2 is 1.60 bits per heavy atom. The van der Waals surface area contributed by atoms with Crippen molar-refractivity contribution in [1.29, 1.82) is 0 Å². The van der Waals surface area contributed by atoms with Crippen molar-refractivity contribution in [2.45, 2.75) is 58.9 Å². The van der Waals surface area contributed by atoms with Gasteiger partial charge in [-0.2, -0.15) is 4.31 Å². The lowest BCUT2D eigenvalue weighted by Gasteiger charge is -2.35. The van der Waals surface area contributed by atoms with E-state index >= 15 is 0 Å². The number of nitrogens with zero attached hydrogens (tertiary/aromatic N) is 2. The molecule has 0 aromatic heterocycles. The number of nitrogens with one attached hydrogen (secondary N) is 1. The third kappa shape index (κ3) is 5.82. The number of rotatable bonds is 7. The zero-order chi connectivity index (χ0) is 22.5. The van der Waals surface area contributed by atoms with E-state index < -0.39 is 15.4 Å². The Kier molecular flexibility index (Phi) is 8.05. The maximum absolute atomic E-state index is 12.5. The van der Waals surface area contributed by atoms with Crippen LogP contribution < -0.4 is 5.32 Å². The number of likely N-dealkylation sites (tertiary alicyclic amines) is 1. The molecule has 1 aliphatic rings. The lowest BCUT2D eigenvalue weighted by atomic mass is 9.90. The predicted molar refractivity (Wildman–Crippen MR) is 117 cm³/mol. The second-order valence-corrected chi connectivity index (χ2v) is 10.7. The average Bonchev–Trinajstić information content (AvgIpc) is 2.72. The maximum Gasteiger partial charge on any atom is 0.243 e. The number of piperidine rings is 1. The highest BCUT2D eigenvalue weighted by atomic mass is 32.2. The van der Waals surface area contributed by atoms with Crippen LogP contribution in [-0.4, -0.2) is 55.6 Å². The summed E-state index contributed by atoms with van der Waals surface area (Å²) in [6.07, 6.45) is 1.32. The molecule has 0 saturated carbocycles. The van der Waals surface area contributed by atoms with Gasteiger partial charge in [0, 0.05) is 44.1 Å². The van der Waals surface area contributed by atoms with Gasteiger partial charge < -0.3 is 10.2 Å². The Labute approximate surface area is 180 Å². The Bertz CT molecular complexity index is 832. The van der Waals surface area contributed by atoms with Gasteiger partial charge in [0.05, 0.1) is 4.90 Å². The van der Waals surface area contributed by atoms with Crippen molar-refractivity contribution in [3.8, 4) is 0 Å². The van der Waals surface area contributed by atoms with E-state index in [0.717, 1.165) is 5.56 Å². The Hall–Kier alpha value is -1.93. The first-order valence-electron chi connectivity index (χ1n) is 10.7. The molecule has 1 aromatic carbocycles. The molecule has 7 nitrogen and oxygen atoms in total. The van der Waals surface area contributed by atoms with E-state index in [9.17, 15) is 18.0 Å². The quantitative estimate of drug-likeness (QED) is 0.710. The molecule has 8 heteroatoms. The molecule has 1 heterocycles. The summed E-state index contributed by atoms with van der Waals surface area (Å²) >= 11 is 0. The summed E-state index contributed by atoms with van der Waals surface area (Å²) < 4.78 is 26.5. The van der Waals surface area contributed by atoms with Crippen LogP contribution >= 0.6 is 0 Å². The molecule has 1 aliphatic heterocycles. The lowest BCUT2D eigenvalue weighted by molar-refractivity contribution is -0.142. The fraction of sp³-hybridized carbons (Fsp3) is 0.636. The first-order valence-corrected chi connectivity index (χ1v) is 12.1. The molecule has 1 aromatic rings. The van der Waals surface area contributed by atoms with Gasteiger partial charge in [-0.3, -0.25) is 9.59 Å². The molecule has 0 spiro atoms. The first-order chi connectivity index (χ1) is 14.0. The minimum Gasteiger partial charge on any atom is -0.352 e. The topological polar surface area (TPSA) is 86.8 Å². The zero-order valence-corrected chi connectivity index (χ0v) is 19.6. The van der Waals surface area contributed by atoms with Gasteiger partial charge in [-0.25, -0.2) is 8.42 Å². The summed E-state index contributed by atoms with van der Waals surface area (Å²) in [5, 5.41) is 2.94. The van der Waals surface area contributed by atoms with Crippen LogP contribution in [0.4, 0.5) is 0 Å². The number of hydrogen-bond donors (Lipinski definition) is 1. The van der Waals surface area contributed by atoms with E-state index in [-0.39, 0.29) is 22.6 Å². The fourth-order valence-electron chi connectivity index (χ4n) is 3.64. The van der Waals surface area contributed by atoms with Crippen molar-refractivity contribution >= 4 is 21.8 Å². The van der Waals surface area contributed by atoms with Crippen molar-refractivity contribution in [3.05, 3.63) is 29.8 Å². The molecule has 1 saturated heterocycles. The van der Waals surface area contributed by atoms with Crippen molar-refractivity contribution in [2.75, 3.05) is 26.2 Å². The minimum absolute atomic E-state index is 0.0160. The lowest BCUT2D eigenvalue weighted by Crippen LogP contribution is -2.46. The van der Waals surface area contributed by atoms with Crippen LogP contribution in [-0.2, 0) is 26.2 Å². The highest BCUT2D eigenvalue weighted by Gasteiger charge is 2.32. The minimum atomic E-state index is -3.48. The molecule has 0 aliphatic carbocycles. The highest BCUT2D eigenvalue weighted by Crippen LogP contribution is 2.24. The molecule has 168 valence electrons. The molecule has 0 bridgehead atoms. The molecule has 30 heavy (non-hydrogen) atoms. The van der Waals surface area contributed by atoms with Crippen LogP contribution in [0.5, 0.6) is 0 Å². The van der Waals surface area contributed by atoms with Gasteiger partial charge in [0.25, 0.3) is 0 Å². The van der Waals surface area contributed by atoms with Crippen LogP contribution in [0.15, 0.2) is 29.2 Å². The molecule has 0 radical (unpaired) electrons. The van der Waals surface area contributed by atoms with Crippen LogP contribution in [0.1, 0.15) is 53.0 Å². The molecule has 0 atom stereocenters. The van der Waals surface area contributed by atoms with Gasteiger partial charge in [0.1, 0.15) is 0 Å². The summed E-state index contributed by atoms with van der Waals surface area (Å²) in [6.45, 7) is 11.8. The summed E-state index contributed by atoms with van der Waals surface area (Å²) in [6, 6.07) is 6.65. The Morgan fingerprint density at radius 3 is 2.07 bits per heavy atom. The monoisotopic (exact) mass is 437 g/mol. The number of sulfonamides is 1. The number of hydrogen-bond acceptors (Lipinski definition) is 4. The summed E-state index contributed by atoms with van der Waals surface area (Å²) in [7, 11) is -3.48. The van der Waals surface area contributed by atoms with E-state index in [1.54, 1.807) is 24.3 Å². The van der Waals surface area contributed by atoms with Crippen LogP contribution in [0.3, 0.4) is 0 Å². The number of benzene rings is 1. The second kappa shape index (κ2) is 9.92. The van der Waals surface area contributed by atoms with E-state index in [2.05, 4.69) is 5.32 Å². The zero-order valence-electron chi connectivity index (χ0n) is 18.8. The van der Waals surface area contributed by atoms with Crippen LogP contribution in [0.25, 0.3) is 0 Å². The smallest absolute Gasteiger partial charge is 0.243 e. The number of carbonyl (C=O) groups is 2. The van der Waals surface area contributed by atoms with Gasteiger partial charge in [-0.05, 0) is 30.5 Å². The van der Waals surface area contributed by atoms with Gasteiger partial charge in [0.15, 0.2) is 0 Å². The van der Waals surface area contributed by atoms with E-state index in [0.29, 0.717) is 45.6 Å². The van der Waals surface area contributed by atoms with Crippen molar-refractivity contribution < 1.29 is 18.0 Å². The van der Waals surface area contributed by atoms with Crippen LogP contribution in [0.2, 0.25) is 0 Å². The fourth-order valence-corrected chi connectivity index (χ4v) is 5.10. The predicted octanol–water partition coefficient (Wildman–Crippen LogP) is 2.62. The van der Waals surface area contributed by atoms with Crippen molar-refractivity contribution in [1.82, 2.24) is 14.5 Å². The standard InChI is InChI=1S/C22H35N3O4S/c1-6-25(7-2)30(28,29)19-10-8-17(9-11-19)16-23-20(26)18-12-14-24(15-13-18)21(27)22(3,4)5/h8-11,18H,6-7,12-16H2,1-5H3,(H,23,26). The first kappa shape index (κ1) is 24.3. The normalized spacial score (nSPS) is 16.0. The van der Waals surface area contributed by atoms with E-state index in [1.807, 2.05) is 39.5 Å². The number of amides is 2. The largest absolute Gasteiger partial charge is 0.352 e. The third-order valence-electron chi connectivity index (χ3n) is 5.53. The van der Waals surface area contributed by atoms with Gasteiger partial charge in [0.2, 0.25) is 21.8 Å².